The van der Waals surface area contributed by atoms with Crippen molar-refractivity contribution in [2.24, 2.45) is 0 Å². The molecule has 1 fully saturated rings. The summed E-state index contributed by atoms with van der Waals surface area (Å²) < 4.78 is 0. The van der Waals surface area contributed by atoms with Gasteiger partial charge in [0.15, 0.2) is 5.11 Å². The van der Waals surface area contributed by atoms with Crippen molar-refractivity contribution in [3.05, 3.63) is 71.3 Å². The van der Waals surface area contributed by atoms with E-state index in [9.17, 15) is 0 Å². The molecule has 2 aromatic rings. The van der Waals surface area contributed by atoms with Crippen LogP contribution in [-0.4, -0.2) is 47.6 Å². The van der Waals surface area contributed by atoms with E-state index in [0.29, 0.717) is 0 Å². The van der Waals surface area contributed by atoms with Gasteiger partial charge < -0.3 is 10.2 Å². The number of nitrogens with zero attached hydrogens (tertiary/aromatic N) is 2. The molecule has 1 heterocycles. The summed E-state index contributed by atoms with van der Waals surface area (Å²) in [5.74, 6) is 0. The molecule has 26 heavy (non-hydrogen) atoms. The summed E-state index contributed by atoms with van der Waals surface area (Å²) in [6.45, 7) is 9.25. The van der Waals surface area contributed by atoms with Gasteiger partial charge in [-0.2, -0.15) is 0 Å². The maximum atomic E-state index is 5.60. The van der Waals surface area contributed by atoms with Gasteiger partial charge in [0.2, 0.25) is 0 Å². The summed E-state index contributed by atoms with van der Waals surface area (Å²) in [6, 6.07) is 16.8. The Hall–Kier alpha value is -2.17. The zero-order valence-corrected chi connectivity index (χ0v) is 16.4. The molecule has 0 bridgehead atoms. The quantitative estimate of drug-likeness (QED) is 0.813. The summed E-state index contributed by atoms with van der Waals surface area (Å²) in [4.78, 5) is 4.73. The standard InChI is InChI=1S/C22H27N3S/c1-18-10-11-21(17-19(18)2)23-22(26)25-15-13-24(14-16-25)12-6-9-20-7-4-3-5-8-20/h3-11,17H,12-16H2,1-2H3,(H,23,26). The van der Waals surface area contributed by atoms with Crippen molar-refractivity contribution < 1.29 is 0 Å². The van der Waals surface area contributed by atoms with E-state index in [-0.39, 0.29) is 0 Å². The first-order valence-electron chi connectivity index (χ1n) is 9.19. The molecule has 1 N–H and O–H groups in total. The normalized spacial score (nSPS) is 15.4. The Morgan fingerprint density at radius 2 is 1.73 bits per heavy atom. The number of nitrogens with one attached hydrogen (secondary N) is 1. The molecule has 136 valence electrons. The lowest BCUT2D eigenvalue weighted by atomic mass is 10.1. The van der Waals surface area contributed by atoms with Crippen molar-refractivity contribution in [2.75, 3.05) is 38.0 Å². The Kier molecular flexibility index (Phi) is 6.42. The van der Waals surface area contributed by atoms with Crippen molar-refractivity contribution in [1.29, 1.82) is 0 Å². The number of hydrogen-bond acceptors (Lipinski definition) is 2. The van der Waals surface area contributed by atoms with Crippen LogP contribution in [0.25, 0.3) is 6.08 Å². The number of thiocarbonyl (C=S) groups is 1. The molecule has 0 aromatic heterocycles. The van der Waals surface area contributed by atoms with Crippen LogP contribution in [0.2, 0.25) is 0 Å². The lowest BCUT2D eigenvalue weighted by Gasteiger charge is -2.35. The van der Waals surface area contributed by atoms with Crippen LogP contribution in [0, 0.1) is 13.8 Å². The van der Waals surface area contributed by atoms with E-state index in [4.69, 9.17) is 12.2 Å². The molecule has 2 aromatic carbocycles. The second-order valence-corrected chi connectivity index (χ2v) is 7.22. The molecule has 4 heteroatoms. The van der Waals surface area contributed by atoms with Gasteiger partial charge >= 0.3 is 0 Å². The van der Waals surface area contributed by atoms with E-state index >= 15 is 0 Å². The number of anilines is 1. The Balaban J connectivity index is 1.44. The van der Waals surface area contributed by atoms with E-state index in [0.717, 1.165) is 43.5 Å². The number of piperazine rings is 1. The fourth-order valence-electron chi connectivity index (χ4n) is 3.06. The van der Waals surface area contributed by atoms with Crippen LogP contribution in [0.5, 0.6) is 0 Å². The Morgan fingerprint density at radius 3 is 2.42 bits per heavy atom. The zero-order chi connectivity index (χ0) is 18.4. The molecule has 3 nitrogen and oxygen atoms in total. The average Bonchev–Trinajstić information content (AvgIpc) is 2.66. The maximum Gasteiger partial charge on any atom is 0.173 e. The number of aryl methyl sites for hydroxylation is 2. The summed E-state index contributed by atoms with van der Waals surface area (Å²) in [5, 5.41) is 4.21. The fourth-order valence-corrected chi connectivity index (χ4v) is 3.36. The van der Waals surface area contributed by atoms with E-state index < -0.39 is 0 Å². The van der Waals surface area contributed by atoms with Gasteiger partial charge in [0.25, 0.3) is 0 Å². The summed E-state index contributed by atoms with van der Waals surface area (Å²) in [6.07, 6.45) is 4.44. The van der Waals surface area contributed by atoms with Crippen LogP contribution in [0.3, 0.4) is 0 Å². The third-order valence-electron chi connectivity index (χ3n) is 4.89. The molecule has 0 spiro atoms. The van der Waals surface area contributed by atoms with Crippen LogP contribution in [-0.2, 0) is 0 Å². The molecule has 0 aliphatic carbocycles. The summed E-state index contributed by atoms with van der Waals surface area (Å²) in [5.41, 5.74) is 4.92. The first kappa shape index (κ1) is 18.6. The van der Waals surface area contributed by atoms with E-state index in [1.54, 1.807) is 0 Å². The second kappa shape index (κ2) is 8.97. The Morgan fingerprint density at radius 1 is 1.00 bits per heavy atom. The highest BCUT2D eigenvalue weighted by Crippen LogP contribution is 2.15. The maximum absolute atomic E-state index is 5.60. The van der Waals surface area contributed by atoms with Crippen molar-refractivity contribution in [3.8, 4) is 0 Å². The largest absolute Gasteiger partial charge is 0.346 e. The van der Waals surface area contributed by atoms with Crippen molar-refractivity contribution in [3.63, 3.8) is 0 Å². The van der Waals surface area contributed by atoms with Gasteiger partial charge in [-0.15, -0.1) is 0 Å². The van der Waals surface area contributed by atoms with Crippen LogP contribution in [0.15, 0.2) is 54.6 Å². The molecule has 1 aliphatic rings. The number of hydrogen-bond donors (Lipinski definition) is 1. The molecule has 1 aliphatic heterocycles. The highest BCUT2D eigenvalue weighted by atomic mass is 32.1. The Bertz CT molecular complexity index is 762. The average molecular weight is 366 g/mol. The number of benzene rings is 2. The van der Waals surface area contributed by atoms with Gasteiger partial charge in [-0.05, 0) is 54.9 Å². The summed E-state index contributed by atoms with van der Waals surface area (Å²) in [7, 11) is 0. The van der Waals surface area contributed by atoms with Gasteiger partial charge in [-0.1, -0.05) is 48.6 Å². The minimum Gasteiger partial charge on any atom is -0.346 e. The lowest BCUT2D eigenvalue weighted by Crippen LogP contribution is -2.49. The SMILES string of the molecule is Cc1ccc(NC(=S)N2CCN(CC=Cc3ccccc3)CC2)cc1C. The van der Waals surface area contributed by atoms with Gasteiger partial charge in [0.05, 0.1) is 0 Å². The zero-order valence-electron chi connectivity index (χ0n) is 15.6. The third-order valence-corrected chi connectivity index (χ3v) is 5.25. The third kappa shape index (κ3) is 5.16. The molecule has 3 rings (SSSR count). The molecule has 0 amide bonds. The van der Waals surface area contributed by atoms with Crippen LogP contribution < -0.4 is 5.32 Å². The number of rotatable bonds is 4. The smallest absolute Gasteiger partial charge is 0.173 e. The van der Waals surface area contributed by atoms with Crippen LogP contribution in [0.4, 0.5) is 5.69 Å². The van der Waals surface area contributed by atoms with Crippen molar-refractivity contribution >= 4 is 29.1 Å². The minimum atomic E-state index is 0.827. The second-order valence-electron chi connectivity index (χ2n) is 6.83. The topological polar surface area (TPSA) is 18.5 Å². The molecule has 0 unspecified atom stereocenters. The van der Waals surface area contributed by atoms with Gasteiger partial charge in [-0.25, -0.2) is 0 Å². The Labute approximate surface area is 162 Å². The fraction of sp³-hybridized carbons (Fsp3) is 0.318. The first-order chi connectivity index (χ1) is 12.6. The first-order valence-corrected chi connectivity index (χ1v) is 9.60. The van der Waals surface area contributed by atoms with Crippen LogP contribution >= 0.6 is 12.2 Å². The van der Waals surface area contributed by atoms with Crippen molar-refractivity contribution in [2.45, 2.75) is 13.8 Å². The molecular weight excluding hydrogens is 338 g/mol. The van der Waals surface area contributed by atoms with Gasteiger partial charge in [-0.3, -0.25) is 4.90 Å². The minimum absolute atomic E-state index is 0.827. The molecule has 0 atom stereocenters. The monoisotopic (exact) mass is 365 g/mol. The van der Waals surface area contributed by atoms with Crippen molar-refractivity contribution in [1.82, 2.24) is 9.80 Å². The molecule has 1 saturated heterocycles. The summed E-state index contributed by atoms with van der Waals surface area (Å²) >= 11 is 5.60. The van der Waals surface area contributed by atoms with Gasteiger partial charge in [0, 0.05) is 38.4 Å². The van der Waals surface area contributed by atoms with E-state index in [2.05, 4.69) is 83.6 Å². The highest BCUT2D eigenvalue weighted by Gasteiger charge is 2.18. The molecule has 0 saturated carbocycles. The predicted molar refractivity (Wildman–Crippen MR) is 116 cm³/mol. The van der Waals surface area contributed by atoms with Gasteiger partial charge in [0.1, 0.15) is 0 Å². The predicted octanol–water partition coefficient (Wildman–Crippen LogP) is 4.33. The van der Waals surface area contributed by atoms with E-state index in [1.165, 1.54) is 16.7 Å². The molecular formula is C22H27N3S. The highest BCUT2D eigenvalue weighted by molar-refractivity contribution is 7.80. The molecule has 0 radical (unpaired) electrons. The lowest BCUT2D eigenvalue weighted by molar-refractivity contribution is 0.200. The van der Waals surface area contributed by atoms with Crippen LogP contribution in [0.1, 0.15) is 16.7 Å². The van der Waals surface area contributed by atoms with E-state index in [1.807, 2.05) is 6.07 Å².